The van der Waals surface area contributed by atoms with Crippen molar-refractivity contribution in [2.75, 3.05) is 0 Å². The molecule has 0 aromatic carbocycles. The van der Waals surface area contributed by atoms with Gasteiger partial charge in [0.15, 0.2) is 0 Å². The summed E-state index contributed by atoms with van der Waals surface area (Å²) in [6.45, 7) is 2.06. The third-order valence-electron chi connectivity index (χ3n) is 1.82. The molecule has 0 radical (unpaired) electrons. The van der Waals surface area contributed by atoms with Gasteiger partial charge in [-0.25, -0.2) is 0 Å². The van der Waals surface area contributed by atoms with Gasteiger partial charge in [-0.15, -0.1) is 0 Å². The molecular formula is C9H13NO2. The highest BCUT2D eigenvalue weighted by Gasteiger charge is 2.08. The van der Waals surface area contributed by atoms with E-state index in [-0.39, 0.29) is 6.42 Å². The highest BCUT2D eigenvalue weighted by molar-refractivity contribution is 5.71. The van der Waals surface area contributed by atoms with Crippen molar-refractivity contribution >= 4 is 5.97 Å². The van der Waals surface area contributed by atoms with Crippen molar-refractivity contribution < 1.29 is 9.90 Å². The first-order valence-electron chi connectivity index (χ1n) is 4.07. The summed E-state index contributed by atoms with van der Waals surface area (Å²) >= 11 is 0. The molecule has 1 heterocycles. The van der Waals surface area contributed by atoms with Crippen LogP contribution in [-0.4, -0.2) is 17.1 Å². The van der Waals surface area contributed by atoms with Gasteiger partial charge >= 0.3 is 5.97 Å². The van der Waals surface area contributed by atoms with Crippen LogP contribution in [0, 0.1) is 0 Å². The zero-order valence-electron chi connectivity index (χ0n) is 7.08. The van der Waals surface area contributed by atoms with Gasteiger partial charge in [-0.3, -0.25) is 4.79 Å². The van der Waals surface area contributed by atoms with Crippen LogP contribution in [0.1, 0.15) is 19.8 Å². The number of dihydropyridines is 1. The van der Waals surface area contributed by atoms with E-state index in [1.807, 2.05) is 12.3 Å². The van der Waals surface area contributed by atoms with E-state index in [0.29, 0.717) is 6.04 Å². The van der Waals surface area contributed by atoms with Crippen LogP contribution in [0.4, 0.5) is 0 Å². The Kier molecular flexibility index (Phi) is 2.91. The summed E-state index contributed by atoms with van der Waals surface area (Å²) in [5.41, 5.74) is 0.883. The second-order valence-corrected chi connectivity index (χ2v) is 2.83. The molecule has 3 nitrogen and oxygen atoms in total. The van der Waals surface area contributed by atoms with Gasteiger partial charge in [0, 0.05) is 6.04 Å². The molecule has 0 fully saturated rings. The molecular weight excluding hydrogens is 154 g/mol. The molecule has 1 unspecified atom stereocenters. The Labute approximate surface area is 71.8 Å². The second kappa shape index (κ2) is 3.95. The molecule has 0 saturated heterocycles. The van der Waals surface area contributed by atoms with Crippen LogP contribution >= 0.6 is 0 Å². The summed E-state index contributed by atoms with van der Waals surface area (Å²) in [6, 6.07) is 0.296. The molecule has 12 heavy (non-hydrogen) atoms. The molecule has 1 aliphatic rings. The van der Waals surface area contributed by atoms with Gasteiger partial charge in [-0.05, 0) is 24.3 Å². The van der Waals surface area contributed by atoms with Crippen molar-refractivity contribution in [2.45, 2.75) is 25.8 Å². The van der Waals surface area contributed by atoms with E-state index in [1.54, 1.807) is 6.08 Å². The summed E-state index contributed by atoms with van der Waals surface area (Å²) in [7, 11) is 0. The fourth-order valence-electron chi connectivity index (χ4n) is 1.17. The lowest BCUT2D eigenvalue weighted by Crippen LogP contribution is -2.24. The summed E-state index contributed by atoms with van der Waals surface area (Å²) in [5.74, 6) is -0.775. The third kappa shape index (κ3) is 2.42. The molecule has 0 amide bonds. The van der Waals surface area contributed by atoms with Crippen molar-refractivity contribution in [1.29, 1.82) is 0 Å². The van der Waals surface area contributed by atoms with E-state index in [1.165, 1.54) is 0 Å². The molecule has 0 spiro atoms. The fourth-order valence-corrected chi connectivity index (χ4v) is 1.17. The minimum absolute atomic E-state index is 0.120. The Balaban J connectivity index is 2.57. The monoisotopic (exact) mass is 167 g/mol. The number of hydrogen-bond donors (Lipinski definition) is 2. The minimum atomic E-state index is -0.775. The van der Waals surface area contributed by atoms with Crippen LogP contribution in [0.15, 0.2) is 23.9 Å². The summed E-state index contributed by atoms with van der Waals surface area (Å²) in [5, 5.41) is 11.7. The number of nitrogens with one attached hydrogen (secondary N) is 1. The first-order chi connectivity index (χ1) is 5.72. The second-order valence-electron chi connectivity index (χ2n) is 2.83. The lowest BCUT2D eigenvalue weighted by molar-refractivity contribution is -0.136. The molecule has 0 aliphatic carbocycles. The molecule has 1 rings (SSSR count). The SMILES string of the molecule is CCC1C=C(CC(=O)O)C=CN1. The third-order valence-corrected chi connectivity index (χ3v) is 1.82. The van der Waals surface area contributed by atoms with Crippen molar-refractivity contribution in [3.63, 3.8) is 0 Å². The van der Waals surface area contributed by atoms with Crippen LogP contribution < -0.4 is 5.32 Å². The molecule has 3 heteroatoms. The van der Waals surface area contributed by atoms with Crippen LogP contribution in [0.25, 0.3) is 0 Å². The van der Waals surface area contributed by atoms with E-state index in [0.717, 1.165) is 12.0 Å². The van der Waals surface area contributed by atoms with Crippen LogP contribution in [0.5, 0.6) is 0 Å². The van der Waals surface area contributed by atoms with Crippen molar-refractivity contribution in [1.82, 2.24) is 5.32 Å². The maximum atomic E-state index is 10.4. The standard InChI is InChI=1S/C9H13NO2/c1-2-8-5-7(3-4-10-8)6-9(11)12/h3-5,8,10H,2,6H2,1H3,(H,11,12). The van der Waals surface area contributed by atoms with Gasteiger partial charge < -0.3 is 10.4 Å². The van der Waals surface area contributed by atoms with Gasteiger partial charge in [0.05, 0.1) is 6.42 Å². The summed E-state index contributed by atoms with van der Waals surface area (Å²) < 4.78 is 0. The van der Waals surface area contributed by atoms with Gasteiger partial charge in [0.2, 0.25) is 0 Å². The topological polar surface area (TPSA) is 49.3 Å². The van der Waals surface area contributed by atoms with Gasteiger partial charge in [0.1, 0.15) is 0 Å². The lowest BCUT2D eigenvalue weighted by Gasteiger charge is -2.16. The van der Waals surface area contributed by atoms with E-state index in [9.17, 15) is 4.79 Å². The molecule has 66 valence electrons. The van der Waals surface area contributed by atoms with Gasteiger partial charge in [-0.1, -0.05) is 13.0 Å². The number of hydrogen-bond acceptors (Lipinski definition) is 2. The zero-order valence-corrected chi connectivity index (χ0v) is 7.08. The average Bonchev–Trinajstić information content (AvgIpc) is 2.03. The average molecular weight is 167 g/mol. The zero-order chi connectivity index (χ0) is 8.97. The minimum Gasteiger partial charge on any atom is -0.481 e. The first kappa shape index (κ1) is 8.84. The van der Waals surface area contributed by atoms with E-state index < -0.39 is 5.97 Å². The molecule has 1 atom stereocenters. The fraction of sp³-hybridized carbons (Fsp3) is 0.444. The van der Waals surface area contributed by atoms with E-state index in [4.69, 9.17) is 5.11 Å². The number of carboxylic acid groups (broad SMARTS) is 1. The van der Waals surface area contributed by atoms with E-state index in [2.05, 4.69) is 12.2 Å². The van der Waals surface area contributed by atoms with Crippen molar-refractivity contribution in [3.8, 4) is 0 Å². The van der Waals surface area contributed by atoms with Crippen LogP contribution in [0.3, 0.4) is 0 Å². The largest absolute Gasteiger partial charge is 0.481 e. The molecule has 0 bridgehead atoms. The Bertz CT molecular complexity index is 231. The molecule has 0 aromatic rings. The summed E-state index contributed by atoms with van der Waals surface area (Å²) in [6.07, 6.45) is 6.68. The lowest BCUT2D eigenvalue weighted by atomic mass is 10.0. The highest BCUT2D eigenvalue weighted by atomic mass is 16.4. The Morgan fingerprint density at radius 3 is 3.08 bits per heavy atom. The number of aliphatic carboxylic acids is 1. The predicted octanol–water partition coefficient (Wildman–Crippen LogP) is 1.28. The molecule has 2 N–H and O–H groups in total. The smallest absolute Gasteiger partial charge is 0.307 e. The maximum absolute atomic E-state index is 10.4. The normalized spacial score (nSPS) is 21.4. The number of carboxylic acids is 1. The van der Waals surface area contributed by atoms with Crippen LogP contribution in [0.2, 0.25) is 0 Å². The summed E-state index contributed by atoms with van der Waals surface area (Å²) in [4.78, 5) is 10.4. The Morgan fingerprint density at radius 1 is 1.75 bits per heavy atom. The van der Waals surface area contributed by atoms with Gasteiger partial charge in [0.25, 0.3) is 0 Å². The predicted molar refractivity (Wildman–Crippen MR) is 46.7 cm³/mol. The van der Waals surface area contributed by atoms with Gasteiger partial charge in [-0.2, -0.15) is 0 Å². The quantitative estimate of drug-likeness (QED) is 0.665. The van der Waals surface area contributed by atoms with E-state index >= 15 is 0 Å². The Hall–Kier alpha value is -1.25. The molecule has 1 aliphatic heterocycles. The number of allylic oxidation sites excluding steroid dienone is 1. The Morgan fingerprint density at radius 2 is 2.50 bits per heavy atom. The van der Waals surface area contributed by atoms with Crippen molar-refractivity contribution in [3.05, 3.63) is 23.9 Å². The van der Waals surface area contributed by atoms with Crippen molar-refractivity contribution in [2.24, 2.45) is 0 Å². The molecule has 0 aromatic heterocycles. The van der Waals surface area contributed by atoms with Crippen LogP contribution in [-0.2, 0) is 4.79 Å². The maximum Gasteiger partial charge on any atom is 0.307 e. The first-order valence-corrected chi connectivity index (χ1v) is 4.07. The number of carbonyl (C=O) groups is 1. The highest BCUT2D eigenvalue weighted by Crippen LogP contribution is 2.10. The molecule has 0 saturated carbocycles. The number of rotatable bonds is 3.